The predicted molar refractivity (Wildman–Crippen MR) is 42.1 cm³/mol. The van der Waals surface area contributed by atoms with Crippen molar-refractivity contribution in [2.75, 3.05) is 27.2 Å². The van der Waals surface area contributed by atoms with Crippen LogP contribution in [0.25, 0.3) is 0 Å². The number of likely N-dealkylation sites (N-methyl/N-ethyl adjacent to an activating group) is 1. The lowest BCUT2D eigenvalue weighted by Gasteiger charge is -2.13. The molecular formula is C8H17NO. The standard InChI is InChI=1S/C8H17NO/c1-4-7-5-9(2)6-8(7)10-3/h7-8H,4-6H2,1-3H3/t7?,8-/m1/s1. The Morgan fingerprint density at radius 3 is 2.60 bits per heavy atom. The molecule has 0 spiro atoms. The molecule has 0 aliphatic carbocycles. The second-order valence-electron chi connectivity index (χ2n) is 3.16. The van der Waals surface area contributed by atoms with Gasteiger partial charge in [-0.15, -0.1) is 0 Å². The zero-order valence-corrected chi connectivity index (χ0v) is 7.13. The average molecular weight is 143 g/mol. The fourth-order valence-electron chi connectivity index (χ4n) is 1.71. The highest BCUT2D eigenvalue weighted by Crippen LogP contribution is 2.20. The van der Waals surface area contributed by atoms with Crippen LogP contribution >= 0.6 is 0 Å². The van der Waals surface area contributed by atoms with E-state index in [0.29, 0.717) is 6.10 Å². The Kier molecular flexibility index (Phi) is 2.69. The number of likely N-dealkylation sites (tertiary alicyclic amines) is 1. The molecule has 2 nitrogen and oxygen atoms in total. The summed E-state index contributed by atoms with van der Waals surface area (Å²) in [7, 11) is 3.97. The minimum absolute atomic E-state index is 0.481. The quantitative estimate of drug-likeness (QED) is 0.571. The van der Waals surface area contributed by atoms with Crippen molar-refractivity contribution in [3.63, 3.8) is 0 Å². The summed E-state index contributed by atoms with van der Waals surface area (Å²) >= 11 is 0. The fraction of sp³-hybridized carbons (Fsp3) is 1.00. The molecule has 0 radical (unpaired) electrons. The van der Waals surface area contributed by atoms with E-state index >= 15 is 0 Å². The second kappa shape index (κ2) is 3.35. The molecule has 0 saturated carbocycles. The van der Waals surface area contributed by atoms with E-state index < -0.39 is 0 Å². The van der Waals surface area contributed by atoms with Crippen LogP contribution in [0, 0.1) is 5.92 Å². The molecule has 2 atom stereocenters. The van der Waals surface area contributed by atoms with E-state index in [2.05, 4.69) is 18.9 Å². The van der Waals surface area contributed by atoms with Crippen LogP contribution in [0.4, 0.5) is 0 Å². The Bertz CT molecular complexity index is 93.4. The van der Waals surface area contributed by atoms with Crippen molar-refractivity contribution >= 4 is 0 Å². The van der Waals surface area contributed by atoms with Gasteiger partial charge in [-0.1, -0.05) is 6.92 Å². The Morgan fingerprint density at radius 1 is 1.50 bits per heavy atom. The van der Waals surface area contributed by atoms with Gasteiger partial charge in [-0.3, -0.25) is 0 Å². The summed E-state index contributed by atoms with van der Waals surface area (Å²) in [4.78, 5) is 2.34. The molecule has 0 N–H and O–H groups in total. The maximum absolute atomic E-state index is 5.34. The molecule has 0 aromatic carbocycles. The van der Waals surface area contributed by atoms with Gasteiger partial charge >= 0.3 is 0 Å². The number of hydrogen-bond acceptors (Lipinski definition) is 2. The largest absolute Gasteiger partial charge is 0.380 e. The second-order valence-corrected chi connectivity index (χ2v) is 3.16. The Labute approximate surface area is 63.2 Å². The molecule has 0 aromatic heterocycles. The minimum atomic E-state index is 0.481. The Hall–Kier alpha value is -0.0800. The monoisotopic (exact) mass is 143 g/mol. The van der Waals surface area contributed by atoms with Gasteiger partial charge < -0.3 is 9.64 Å². The van der Waals surface area contributed by atoms with Gasteiger partial charge in [0, 0.05) is 20.2 Å². The van der Waals surface area contributed by atoms with Gasteiger partial charge in [0.05, 0.1) is 6.10 Å². The molecule has 1 saturated heterocycles. The molecule has 2 heteroatoms. The van der Waals surface area contributed by atoms with Crippen LogP contribution in [0.15, 0.2) is 0 Å². The van der Waals surface area contributed by atoms with Crippen LogP contribution < -0.4 is 0 Å². The molecule has 0 aromatic rings. The smallest absolute Gasteiger partial charge is 0.0738 e. The summed E-state index contributed by atoms with van der Waals surface area (Å²) in [6.07, 6.45) is 1.72. The third kappa shape index (κ3) is 1.50. The molecule has 10 heavy (non-hydrogen) atoms. The third-order valence-electron chi connectivity index (χ3n) is 2.39. The van der Waals surface area contributed by atoms with Crippen LogP contribution in [0.2, 0.25) is 0 Å². The number of methoxy groups -OCH3 is 1. The van der Waals surface area contributed by atoms with Gasteiger partial charge in [-0.2, -0.15) is 0 Å². The van der Waals surface area contributed by atoms with Crippen molar-refractivity contribution < 1.29 is 4.74 Å². The summed E-state index contributed by atoms with van der Waals surface area (Å²) in [5.74, 6) is 0.759. The van der Waals surface area contributed by atoms with Crippen LogP contribution in [-0.2, 0) is 4.74 Å². The van der Waals surface area contributed by atoms with Crippen LogP contribution in [0.5, 0.6) is 0 Å². The van der Waals surface area contributed by atoms with E-state index in [-0.39, 0.29) is 0 Å². The van der Waals surface area contributed by atoms with E-state index in [9.17, 15) is 0 Å². The van der Waals surface area contributed by atoms with E-state index in [1.165, 1.54) is 13.0 Å². The van der Waals surface area contributed by atoms with E-state index in [1.807, 2.05) is 7.11 Å². The summed E-state index contributed by atoms with van der Waals surface area (Å²) in [5, 5.41) is 0. The molecule has 1 rings (SSSR count). The van der Waals surface area contributed by atoms with Crippen molar-refractivity contribution in [2.24, 2.45) is 5.92 Å². The topological polar surface area (TPSA) is 12.5 Å². The Balaban J connectivity index is 2.41. The van der Waals surface area contributed by atoms with E-state index in [0.717, 1.165) is 12.5 Å². The lowest BCUT2D eigenvalue weighted by Crippen LogP contribution is -2.20. The summed E-state index contributed by atoms with van der Waals surface area (Å²) in [5.41, 5.74) is 0. The highest BCUT2D eigenvalue weighted by atomic mass is 16.5. The first-order valence-electron chi connectivity index (χ1n) is 3.99. The summed E-state index contributed by atoms with van der Waals surface area (Å²) < 4.78 is 5.34. The van der Waals surface area contributed by atoms with Gasteiger partial charge in [-0.05, 0) is 19.4 Å². The third-order valence-corrected chi connectivity index (χ3v) is 2.39. The highest BCUT2D eigenvalue weighted by molar-refractivity contribution is 4.81. The van der Waals surface area contributed by atoms with E-state index in [4.69, 9.17) is 4.74 Å². The van der Waals surface area contributed by atoms with Gasteiger partial charge in [-0.25, -0.2) is 0 Å². The lowest BCUT2D eigenvalue weighted by molar-refractivity contribution is 0.0785. The van der Waals surface area contributed by atoms with E-state index in [1.54, 1.807) is 0 Å². The number of hydrogen-bond donors (Lipinski definition) is 0. The van der Waals surface area contributed by atoms with Gasteiger partial charge in [0.2, 0.25) is 0 Å². The number of rotatable bonds is 2. The molecule has 0 amide bonds. The molecule has 0 bridgehead atoms. The normalized spacial score (nSPS) is 35.1. The molecule has 1 aliphatic heterocycles. The highest BCUT2D eigenvalue weighted by Gasteiger charge is 2.28. The molecule has 1 heterocycles. The fourth-order valence-corrected chi connectivity index (χ4v) is 1.71. The number of nitrogens with zero attached hydrogens (tertiary/aromatic N) is 1. The zero-order chi connectivity index (χ0) is 7.56. The maximum atomic E-state index is 5.34. The summed E-state index contributed by atoms with van der Waals surface area (Å²) in [6, 6.07) is 0. The SMILES string of the molecule is CCC1CN(C)C[C@H]1OC. The van der Waals surface area contributed by atoms with Crippen LogP contribution in [-0.4, -0.2) is 38.3 Å². The lowest BCUT2D eigenvalue weighted by atomic mass is 10.0. The molecule has 1 aliphatic rings. The molecule has 1 fully saturated rings. The van der Waals surface area contributed by atoms with Crippen molar-refractivity contribution in [1.29, 1.82) is 0 Å². The average Bonchev–Trinajstić information content (AvgIpc) is 2.30. The van der Waals surface area contributed by atoms with Gasteiger partial charge in [0.1, 0.15) is 0 Å². The van der Waals surface area contributed by atoms with Gasteiger partial charge in [0.15, 0.2) is 0 Å². The number of ether oxygens (including phenoxy) is 1. The zero-order valence-electron chi connectivity index (χ0n) is 7.13. The molecule has 60 valence electrons. The van der Waals surface area contributed by atoms with Crippen molar-refractivity contribution in [2.45, 2.75) is 19.4 Å². The summed E-state index contributed by atoms with van der Waals surface area (Å²) in [6.45, 7) is 4.54. The first kappa shape index (κ1) is 8.02. The Morgan fingerprint density at radius 2 is 2.20 bits per heavy atom. The minimum Gasteiger partial charge on any atom is -0.380 e. The van der Waals surface area contributed by atoms with Crippen LogP contribution in [0.3, 0.4) is 0 Å². The first-order chi connectivity index (χ1) is 4.77. The first-order valence-corrected chi connectivity index (χ1v) is 3.99. The van der Waals surface area contributed by atoms with Crippen molar-refractivity contribution in [1.82, 2.24) is 4.90 Å². The molecular weight excluding hydrogens is 126 g/mol. The predicted octanol–water partition coefficient (Wildman–Crippen LogP) is 0.973. The maximum Gasteiger partial charge on any atom is 0.0738 e. The molecule has 1 unspecified atom stereocenters. The van der Waals surface area contributed by atoms with Crippen molar-refractivity contribution in [3.8, 4) is 0 Å². The van der Waals surface area contributed by atoms with Crippen molar-refractivity contribution in [3.05, 3.63) is 0 Å². The van der Waals surface area contributed by atoms with Gasteiger partial charge in [0.25, 0.3) is 0 Å². The van der Waals surface area contributed by atoms with Crippen LogP contribution in [0.1, 0.15) is 13.3 Å².